The maximum atomic E-state index is 12.9. The Bertz CT molecular complexity index is 1180. The molecule has 0 aliphatic heterocycles. The molecule has 0 amide bonds. The molecule has 0 aromatic carbocycles. The Labute approximate surface area is 455 Å². The molecule has 0 radical (unpaired) electrons. The summed E-state index contributed by atoms with van der Waals surface area (Å²) in [6.45, 7) is 6.70. The average Bonchev–Trinajstić information content (AvgIpc) is 3.39. The van der Waals surface area contributed by atoms with Gasteiger partial charge >= 0.3 is 17.9 Å². The summed E-state index contributed by atoms with van der Waals surface area (Å²) in [5.41, 5.74) is 0. The minimum absolute atomic E-state index is 0.0687. The summed E-state index contributed by atoms with van der Waals surface area (Å²) in [6.07, 6.45) is 74.7. The van der Waals surface area contributed by atoms with Gasteiger partial charge in [0.15, 0.2) is 6.10 Å². The minimum atomic E-state index is -0.772. The summed E-state index contributed by atoms with van der Waals surface area (Å²) in [5, 5.41) is 0. The van der Waals surface area contributed by atoms with E-state index in [4.69, 9.17) is 14.2 Å². The van der Waals surface area contributed by atoms with Crippen molar-refractivity contribution in [2.45, 2.75) is 374 Å². The molecule has 0 fully saturated rings. The maximum absolute atomic E-state index is 12.9. The van der Waals surface area contributed by atoms with E-state index in [1.54, 1.807) is 0 Å². The molecular weight excluding hydrogens is 901 g/mol. The molecule has 73 heavy (non-hydrogen) atoms. The number of esters is 3. The smallest absolute Gasteiger partial charge is 0.306 e. The molecule has 0 aliphatic carbocycles. The topological polar surface area (TPSA) is 78.9 Å². The Morgan fingerprint density at radius 2 is 0.452 bits per heavy atom. The van der Waals surface area contributed by atoms with Gasteiger partial charge in [-0.05, 0) is 70.6 Å². The van der Waals surface area contributed by atoms with Crippen LogP contribution in [-0.2, 0) is 28.6 Å². The molecule has 6 nitrogen and oxygen atoms in total. The highest BCUT2D eigenvalue weighted by Gasteiger charge is 2.19. The standard InChI is InChI=1S/C67H126O6/c1-4-7-10-13-16-19-22-25-28-30-32-33-35-37-40-43-46-49-52-55-58-61-67(70)73-64(62-71-65(68)59-56-53-50-47-44-41-38-27-24-21-18-15-12-9-6-3)63-72-66(69)60-57-54-51-48-45-42-39-36-34-31-29-26-23-20-17-14-11-8-5-2/h25,27-28,38,64H,4-24,26,29-37,39-63H2,1-3H3/b28-25-,38-27-/t64-/m1/s1. The van der Waals surface area contributed by atoms with Gasteiger partial charge in [0.2, 0.25) is 0 Å². The number of unbranched alkanes of at least 4 members (excludes halogenated alkanes) is 46. The Morgan fingerprint density at radius 3 is 0.685 bits per heavy atom. The van der Waals surface area contributed by atoms with E-state index >= 15 is 0 Å². The van der Waals surface area contributed by atoms with Gasteiger partial charge < -0.3 is 14.2 Å². The monoisotopic (exact) mass is 1030 g/mol. The Kier molecular flexibility index (Phi) is 60.6. The zero-order valence-electron chi connectivity index (χ0n) is 49.4. The van der Waals surface area contributed by atoms with Gasteiger partial charge in [0, 0.05) is 19.3 Å². The van der Waals surface area contributed by atoms with Crippen molar-refractivity contribution in [3.63, 3.8) is 0 Å². The summed E-state index contributed by atoms with van der Waals surface area (Å²) >= 11 is 0. The van der Waals surface area contributed by atoms with E-state index in [0.717, 1.165) is 64.2 Å². The van der Waals surface area contributed by atoms with Gasteiger partial charge in [-0.1, -0.05) is 302 Å². The SMILES string of the molecule is CCCCCCCC/C=C\CCCCCCCCCCCCCC(=O)O[C@H](COC(=O)CCCCCCC/C=C\CCCCCCCC)COC(=O)CCCCCCCCCCCCCCCCCCCCC. The van der Waals surface area contributed by atoms with E-state index < -0.39 is 6.10 Å². The van der Waals surface area contributed by atoms with Crippen molar-refractivity contribution >= 4 is 17.9 Å². The summed E-state index contributed by atoms with van der Waals surface area (Å²) in [6, 6.07) is 0. The summed E-state index contributed by atoms with van der Waals surface area (Å²) < 4.78 is 17.0. The molecule has 430 valence electrons. The van der Waals surface area contributed by atoms with Crippen LogP contribution in [0.25, 0.3) is 0 Å². The van der Waals surface area contributed by atoms with Crippen molar-refractivity contribution in [2.24, 2.45) is 0 Å². The number of hydrogen-bond donors (Lipinski definition) is 0. The van der Waals surface area contributed by atoms with Gasteiger partial charge in [0.1, 0.15) is 13.2 Å². The van der Waals surface area contributed by atoms with Crippen LogP contribution in [0.1, 0.15) is 367 Å². The van der Waals surface area contributed by atoms with Crippen molar-refractivity contribution < 1.29 is 28.6 Å². The van der Waals surface area contributed by atoms with Crippen LogP contribution in [-0.4, -0.2) is 37.2 Å². The van der Waals surface area contributed by atoms with Crippen LogP contribution in [0.5, 0.6) is 0 Å². The van der Waals surface area contributed by atoms with Crippen molar-refractivity contribution in [2.75, 3.05) is 13.2 Å². The number of carbonyl (C=O) groups is 3. The largest absolute Gasteiger partial charge is 0.462 e. The first-order valence-electron chi connectivity index (χ1n) is 32.8. The zero-order chi connectivity index (χ0) is 52.9. The second-order valence-corrected chi connectivity index (χ2v) is 22.4. The summed E-state index contributed by atoms with van der Waals surface area (Å²) in [4.78, 5) is 38.3. The molecule has 1 atom stereocenters. The van der Waals surface area contributed by atoms with E-state index in [1.165, 1.54) is 263 Å². The maximum Gasteiger partial charge on any atom is 0.306 e. The number of hydrogen-bond acceptors (Lipinski definition) is 6. The van der Waals surface area contributed by atoms with E-state index in [0.29, 0.717) is 19.3 Å². The second kappa shape index (κ2) is 62.4. The highest BCUT2D eigenvalue weighted by Crippen LogP contribution is 2.18. The number of allylic oxidation sites excluding steroid dienone is 4. The second-order valence-electron chi connectivity index (χ2n) is 22.4. The first-order chi connectivity index (χ1) is 36.0. The molecule has 0 aliphatic rings. The normalized spacial score (nSPS) is 12.1. The Hall–Kier alpha value is -2.11. The van der Waals surface area contributed by atoms with Crippen LogP contribution >= 0.6 is 0 Å². The minimum Gasteiger partial charge on any atom is -0.462 e. The van der Waals surface area contributed by atoms with Gasteiger partial charge in [-0.25, -0.2) is 0 Å². The van der Waals surface area contributed by atoms with E-state index in [1.807, 2.05) is 0 Å². The molecule has 0 unspecified atom stereocenters. The summed E-state index contributed by atoms with van der Waals surface area (Å²) in [7, 11) is 0. The Morgan fingerprint density at radius 1 is 0.260 bits per heavy atom. The Balaban J connectivity index is 4.30. The lowest BCUT2D eigenvalue weighted by Crippen LogP contribution is -2.30. The number of rotatable bonds is 61. The highest BCUT2D eigenvalue weighted by atomic mass is 16.6. The molecule has 0 aromatic heterocycles. The van der Waals surface area contributed by atoms with Crippen molar-refractivity contribution in [3.05, 3.63) is 24.3 Å². The number of carbonyl (C=O) groups excluding carboxylic acids is 3. The van der Waals surface area contributed by atoms with Crippen LogP contribution in [0, 0.1) is 0 Å². The fraction of sp³-hybridized carbons (Fsp3) is 0.896. The number of ether oxygens (including phenoxy) is 3. The van der Waals surface area contributed by atoms with E-state index in [2.05, 4.69) is 45.1 Å². The lowest BCUT2D eigenvalue weighted by molar-refractivity contribution is -0.167. The highest BCUT2D eigenvalue weighted by molar-refractivity contribution is 5.71. The van der Waals surface area contributed by atoms with Crippen molar-refractivity contribution in [1.82, 2.24) is 0 Å². The van der Waals surface area contributed by atoms with Crippen LogP contribution in [0.2, 0.25) is 0 Å². The van der Waals surface area contributed by atoms with E-state index in [-0.39, 0.29) is 31.1 Å². The van der Waals surface area contributed by atoms with Crippen LogP contribution in [0.4, 0.5) is 0 Å². The quantitative estimate of drug-likeness (QED) is 0.0261. The van der Waals surface area contributed by atoms with Crippen LogP contribution < -0.4 is 0 Å². The fourth-order valence-electron chi connectivity index (χ4n) is 9.97. The van der Waals surface area contributed by atoms with Gasteiger partial charge in [0.25, 0.3) is 0 Å². The van der Waals surface area contributed by atoms with Gasteiger partial charge in [-0.3, -0.25) is 14.4 Å². The first kappa shape index (κ1) is 70.9. The predicted octanol–water partition coefficient (Wildman–Crippen LogP) is 22.2. The molecule has 0 heterocycles. The van der Waals surface area contributed by atoms with Gasteiger partial charge in [0.05, 0.1) is 0 Å². The lowest BCUT2D eigenvalue weighted by Gasteiger charge is -2.18. The molecule has 0 saturated heterocycles. The molecule has 0 saturated carbocycles. The predicted molar refractivity (Wildman–Crippen MR) is 316 cm³/mol. The molecule has 0 rings (SSSR count). The third-order valence-corrected chi connectivity index (χ3v) is 14.9. The molecule has 6 heteroatoms. The van der Waals surface area contributed by atoms with Gasteiger partial charge in [-0.15, -0.1) is 0 Å². The van der Waals surface area contributed by atoms with E-state index in [9.17, 15) is 14.4 Å². The third-order valence-electron chi connectivity index (χ3n) is 14.9. The molecule has 0 bridgehead atoms. The molecule has 0 aromatic rings. The van der Waals surface area contributed by atoms with Crippen molar-refractivity contribution in [1.29, 1.82) is 0 Å². The summed E-state index contributed by atoms with van der Waals surface area (Å²) in [5.74, 6) is -0.850. The van der Waals surface area contributed by atoms with Crippen LogP contribution in [0.15, 0.2) is 24.3 Å². The van der Waals surface area contributed by atoms with Gasteiger partial charge in [-0.2, -0.15) is 0 Å². The third kappa shape index (κ3) is 60.6. The van der Waals surface area contributed by atoms with Crippen molar-refractivity contribution in [3.8, 4) is 0 Å². The average molecular weight is 1030 g/mol. The zero-order valence-corrected chi connectivity index (χ0v) is 49.4. The molecular formula is C67H126O6. The fourth-order valence-corrected chi connectivity index (χ4v) is 9.97. The lowest BCUT2D eigenvalue weighted by atomic mass is 10.0. The molecule has 0 spiro atoms. The molecule has 0 N–H and O–H groups in total. The first-order valence-corrected chi connectivity index (χ1v) is 32.8. The van der Waals surface area contributed by atoms with Crippen LogP contribution in [0.3, 0.4) is 0 Å².